The van der Waals surface area contributed by atoms with Gasteiger partial charge in [-0.2, -0.15) is 0 Å². The summed E-state index contributed by atoms with van der Waals surface area (Å²) in [4.78, 5) is 33.7. The summed E-state index contributed by atoms with van der Waals surface area (Å²) in [7, 11) is 0. The summed E-state index contributed by atoms with van der Waals surface area (Å²) in [6.07, 6.45) is 1.80. The molecule has 0 bridgehead atoms. The molecule has 2 rings (SSSR count). The monoisotopic (exact) mass is 306 g/mol. The van der Waals surface area contributed by atoms with Gasteiger partial charge in [0.05, 0.1) is 11.8 Å². The van der Waals surface area contributed by atoms with Crippen molar-refractivity contribution in [2.45, 2.75) is 20.8 Å². The van der Waals surface area contributed by atoms with Crippen molar-refractivity contribution in [2.75, 3.05) is 0 Å². The molecular weight excluding hydrogens is 297 g/mol. The zero-order valence-corrected chi connectivity index (χ0v) is 12.5. The molecule has 1 aliphatic heterocycles. The summed E-state index contributed by atoms with van der Waals surface area (Å²) < 4.78 is 4.54. The van der Waals surface area contributed by atoms with Crippen LogP contribution in [0.15, 0.2) is 0 Å². The van der Waals surface area contributed by atoms with Gasteiger partial charge in [0.2, 0.25) is 0 Å². The average Bonchev–Trinajstić information content (AvgIpc) is 2.52. The van der Waals surface area contributed by atoms with Crippen molar-refractivity contribution in [1.82, 2.24) is 0 Å². The van der Waals surface area contributed by atoms with Gasteiger partial charge < -0.3 is 9.53 Å². The number of hydrogen-bond acceptors (Lipinski definition) is 4. The van der Waals surface area contributed by atoms with Crippen LogP contribution in [0, 0.1) is 20.8 Å². The number of fused-ring (bicyclic) bond motifs is 1. The van der Waals surface area contributed by atoms with Crippen molar-refractivity contribution in [3.63, 3.8) is 0 Å². The fourth-order valence-electron chi connectivity index (χ4n) is 2.01. The summed E-state index contributed by atoms with van der Waals surface area (Å²) in [5.74, 6) is -1.32. The zero-order chi connectivity index (χ0) is 12.0. The maximum absolute atomic E-state index is 11.5. The molecular formula is C12H9O4Y-. The van der Waals surface area contributed by atoms with E-state index >= 15 is 0 Å². The van der Waals surface area contributed by atoms with Gasteiger partial charge in [-0.25, -0.2) is 9.59 Å². The summed E-state index contributed by atoms with van der Waals surface area (Å²) >= 11 is 0. The van der Waals surface area contributed by atoms with Gasteiger partial charge in [-0.15, -0.1) is 16.7 Å². The first kappa shape index (κ1) is 14.2. The van der Waals surface area contributed by atoms with Gasteiger partial charge in [0.15, 0.2) is 0 Å². The summed E-state index contributed by atoms with van der Waals surface area (Å²) in [5, 5.41) is 0. The summed E-state index contributed by atoms with van der Waals surface area (Å²) in [5.41, 5.74) is 2.55. The largest absolute Gasteiger partial charge is 0.386 e. The Morgan fingerprint density at radius 3 is 1.82 bits per heavy atom. The minimum absolute atomic E-state index is 0. The quantitative estimate of drug-likeness (QED) is 0.447. The maximum atomic E-state index is 11.5. The Hall–Kier alpha value is -0.866. The number of hydrogen-bond donors (Lipinski definition) is 0. The molecule has 0 fully saturated rings. The Balaban J connectivity index is 0.00000144. The number of benzene rings is 1. The third-order valence-electron chi connectivity index (χ3n) is 3.01. The van der Waals surface area contributed by atoms with Crippen molar-refractivity contribution >= 4 is 18.2 Å². The molecule has 1 aromatic carbocycles. The van der Waals surface area contributed by atoms with Crippen LogP contribution in [0.5, 0.6) is 0 Å². The van der Waals surface area contributed by atoms with Gasteiger partial charge >= 0.3 is 11.9 Å². The third-order valence-corrected chi connectivity index (χ3v) is 3.01. The first-order chi connectivity index (χ1) is 7.49. The van der Waals surface area contributed by atoms with E-state index < -0.39 is 11.9 Å². The molecule has 0 N–H and O–H groups in total. The maximum Gasteiger partial charge on any atom is 0.345 e. The van der Waals surface area contributed by atoms with Crippen LogP contribution in [0.1, 0.15) is 43.0 Å². The van der Waals surface area contributed by atoms with Gasteiger partial charge in [0.1, 0.15) is 0 Å². The number of rotatable bonds is 1. The Morgan fingerprint density at radius 1 is 0.882 bits per heavy atom. The van der Waals surface area contributed by atoms with Crippen molar-refractivity contribution in [3.8, 4) is 0 Å². The fourth-order valence-corrected chi connectivity index (χ4v) is 2.01. The normalized spacial score (nSPS) is 12.9. The molecule has 1 radical (unpaired) electrons. The van der Waals surface area contributed by atoms with E-state index in [4.69, 9.17) is 0 Å². The second-order valence-corrected chi connectivity index (χ2v) is 3.78. The van der Waals surface area contributed by atoms with Crippen molar-refractivity contribution < 1.29 is 51.8 Å². The molecule has 85 valence electrons. The standard InChI is InChI=1S/C12H9O4.Y/c1-5-6(2)9-10(7(3)8(5)4-13)12(15)16-11(9)14;/h1-3H3;/q-1;. The van der Waals surface area contributed by atoms with Gasteiger partial charge in [0.25, 0.3) is 0 Å². The van der Waals surface area contributed by atoms with Crippen LogP contribution in [-0.2, 0) is 42.2 Å². The van der Waals surface area contributed by atoms with E-state index in [2.05, 4.69) is 4.74 Å². The van der Waals surface area contributed by atoms with Gasteiger partial charge in [-0.3, -0.25) is 0 Å². The molecule has 0 unspecified atom stereocenters. The second-order valence-electron chi connectivity index (χ2n) is 3.78. The minimum Gasteiger partial charge on any atom is -0.386 e. The fraction of sp³-hybridized carbons (Fsp3) is 0.250. The van der Waals surface area contributed by atoms with Crippen LogP contribution in [0.2, 0.25) is 0 Å². The van der Waals surface area contributed by atoms with E-state index in [9.17, 15) is 14.4 Å². The molecule has 0 atom stereocenters. The number of esters is 2. The SMILES string of the molecule is Cc1c(C)c2c(c(C)c1[C-]=O)C(=O)OC2=O.[Y]. The van der Waals surface area contributed by atoms with Crippen LogP contribution in [0.3, 0.4) is 0 Å². The number of carbonyl (C=O) groups is 2. The number of carbonyl (C=O) groups excluding carboxylic acids is 3. The van der Waals surface area contributed by atoms with Crippen molar-refractivity contribution in [3.05, 3.63) is 33.4 Å². The average molecular weight is 306 g/mol. The molecule has 0 aliphatic carbocycles. The third kappa shape index (κ3) is 1.89. The van der Waals surface area contributed by atoms with E-state index in [1.54, 1.807) is 27.1 Å². The first-order valence-electron chi connectivity index (χ1n) is 4.77. The number of cyclic esters (lactones) is 2. The van der Waals surface area contributed by atoms with Gasteiger partial charge in [0, 0.05) is 38.3 Å². The summed E-state index contributed by atoms with van der Waals surface area (Å²) in [6.45, 7) is 5.03. The molecule has 1 heterocycles. The van der Waals surface area contributed by atoms with Crippen LogP contribution in [0.4, 0.5) is 0 Å². The summed E-state index contributed by atoms with van der Waals surface area (Å²) in [6, 6.07) is 0. The minimum atomic E-state index is -0.683. The molecule has 0 spiro atoms. The molecule has 4 nitrogen and oxygen atoms in total. The smallest absolute Gasteiger partial charge is 0.345 e. The Morgan fingerprint density at radius 2 is 1.35 bits per heavy atom. The van der Waals surface area contributed by atoms with Crippen LogP contribution in [0.25, 0.3) is 0 Å². The van der Waals surface area contributed by atoms with E-state index in [1.165, 1.54) is 0 Å². The molecule has 1 aromatic rings. The predicted molar refractivity (Wildman–Crippen MR) is 55.2 cm³/mol. The van der Waals surface area contributed by atoms with Crippen LogP contribution < -0.4 is 0 Å². The molecule has 0 aromatic heterocycles. The van der Waals surface area contributed by atoms with Gasteiger partial charge in [-0.05, 0) is 0 Å². The Labute approximate surface area is 124 Å². The first-order valence-corrected chi connectivity index (χ1v) is 4.77. The molecule has 0 saturated heterocycles. The zero-order valence-electron chi connectivity index (χ0n) is 9.71. The van der Waals surface area contributed by atoms with Crippen LogP contribution >= 0.6 is 0 Å². The van der Waals surface area contributed by atoms with E-state index in [-0.39, 0.29) is 43.8 Å². The molecule has 0 saturated carbocycles. The van der Waals surface area contributed by atoms with Crippen LogP contribution in [-0.4, -0.2) is 18.2 Å². The Bertz CT molecular complexity index is 546. The van der Waals surface area contributed by atoms with E-state index in [0.717, 1.165) is 0 Å². The van der Waals surface area contributed by atoms with Gasteiger partial charge in [-0.1, -0.05) is 26.3 Å². The van der Waals surface area contributed by atoms with E-state index in [0.29, 0.717) is 22.3 Å². The van der Waals surface area contributed by atoms with Crippen molar-refractivity contribution in [2.24, 2.45) is 0 Å². The molecule has 1 aliphatic rings. The topological polar surface area (TPSA) is 60.4 Å². The second kappa shape index (κ2) is 4.79. The number of ether oxygens (including phenoxy) is 1. The predicted octanol–water partition coefficient (Wildman–Crippen LogP) is 1.38. The Kier molecular flexibility index (Phi) is 4.00. The molecule has 0 amide bonds. The van der Waals surface area contributed by atoms with Crippen molar-refractivity contribution in [1.29, 1.82) is 0 Å². The van der Waals surface area contributed by atoms with E-state index in [1.807, 2.05) is 0 Å². The molecule has 17 heavy (non-hydrogen) atoms. The molecule has 5 heteroatoms.